The first kappa shape index (κ1) is 20.9. The maximum atomic E-state index is 5.75. The van der Waals surface area contributed by atoms with Crippen molar-refractivity contribution in [2.24, 2.45) is 4.99 Å². The molecule has 136 valence electrons. The number of ether oxygens (including phenoxy) is 2. The summed E-state index contributed by atoms with van der Waals surface area (Å²) in [5.41, 5.74) is 0. The van der Waals surface area contributed by atoms with Crippen molar-refractivity contribution in [3.8, 4) is 0 Å². The molecule has 0 aromatic heterocycles. The lowest BCUT2D eigenvalue weighted by molar-refractivity contribution is 0.0420. The van der Waals surface area contributed by atoms with Crippen molar-refractivity contribution in [2.75, 3.05) is 59.6 Å². The topological polar surface area (TPSA) is 58.1 Å². The average molecular weight is 440 g/mol. The van der Waals surface area contributed by atoms with Crippen molar-refractivity contribution in [1.29, 1.82) is 0 Å². The van der Waals surface area contributed by atoms with Crippen LogP contribution in [0.5, 0.6) is 0 Å². The van der Waals surface area contributed by atoms with Gasteiger partial charge in [-0.15, -0.1) is 24.0 Å². The summed E-state index contributed by atoms with van der Waals surface area (Å²) in [6, 6.07) is 0. The number of hydrogen-bond donors (Lipinski definition) is 2. The lowest BCUT2D eigenvalue weighted by Gasteiger charge is -2.26. The number of nitrogens with zero attached hydrogens (tertiary/aromatic N) is 2. The molecule has 2 saturated heterocycles. The molecule has 1 atom stereocenters. The van der Waals surface area contributed by atoms with Crippen molar-refractivity contribution >= 4 is 29.9 Å². The van der Waals surface area contributed by atoms with Gasteiger partial charge in [0.05, 0.1) is 12.7 Å². The highest BCUT2D eigenvalue weighted by Crippen LogP contribution is 2.08. The summed E-state index contributed by atoms with van der Waals surface area (Å²) in [6.45, 7) is 7.82. The Labute approximate surface area is 157 Å². The van der Waals surface area contributed by atoms with Crippen LogP contribution in [0.2, 0.25) is 0 Å². The van der Waals surface area contributed by atoms with Crippen molar-refractivity contribution in [1.82, 2.24) is 15.5 Å². The first-order chi connectivity index (χ1) is 10.9. The molecule has 0 aromatic rings. The maximum absolute atomic E-state index is 5.75. The van der Waals surface area contributed by atoms with Crippen LogP contribution in [0.15, 0.2) is 4.99 Å². The van der Waals surface area contributed by atoms with E-state index in [1.54, 1.807) is 0 Å². The molecule has 2 rings (SSSR count). The molecule has 2 heterocycles. The highest BCUT2D eigenvalue weighted by Gasteiger charge is 2.15. The van der Waals surface area contributed by atoms with Gasteiger partial charge in [-0.05, 0) is 38.8 Å². The van der Waals surface area contributed by atoms with Crippen LogP contribution in [0, 0.1) is 0 Å². The van der Waals surface area contributed by atoms with Gasteiger partial charge < -0.3 is 25.0 Å². The predicted octanol–water partition coefficient (Wildman–Crippen LogP) is 1.45. The van der Waals surface area contributed by atoms with Gasteiger partial charge in [-0.25, -0.2) is 0 Å². The number of piperidine rings is 1. The second-order valence-corrected chi connectivity index (χ2v) is 6.04. The van der Waals surface area contributed by atoms with Crippen LogP contribution in [-0.4, -0.2) is 76.6 Å². The largest absolute Gasteiger partial charge is 0.379 e. The molecule has 0 radical (unpaired) electrons. The lowest BCUT2D eigenvalue weighted by Crippen LogP contribution is -2.43. The minimum atomic E-state index is 0. The van der Waals surface area contributed by atoms with E-state index in [1.165, 1.54) is 32.4 Å². The fraction of sp³-hybridized carbons (Fsp3) is 0.938. The summed E-state index contributed by atoms with van der Waals surface area (Å²) in [4.78, 5) is 6.79. The van der Waals surface area contributed by atoms with E-state index in [1.807, 2.05) is 7.05 Å². The molecule has 0 aromatic carbocycles. The zero-order chi connectivity index (χ0) is 15.5. The molecule has 2 aliphatic rings. The minimum absolute atomic E-state index is 0. The normalized spacial score (nSPS) is 22.7. The molecule has 0 bridgehead atoms. The van der Waals surface area contributed by atoms with Gasteiger partial charge in [0, 0.05) is 39.9 Å². The second-order valence-electron chi connectivity index (χ2n) is 6.04. The second kappa shape index (κ2) is 13.2. The molecule has 1 unspecified atom stereocenters. The summed E-state index contributed by atoms with van der Waals surface area (Å²) >= 11 is 0. The van der Waals surface area contributed by atoms with Crippen LogP contribution in [0.1, 0.15) is 32.1 Å². The molecule has 6 nitrogen and oxygen atoms in total. The zero-order valence-corrected chi connectivity index (χ0v) is 16.7. The minimum Gasteiger partial charge on any atom is -0.379 e. The van der Waals surface area contributed by atoms with Gasteiger partial charge in [0.2, 0.25) is 0 Å². The Morgan fingerprint density at radius 1 is 1.22 bits per heavy atom. The number of guanidine groups is 1. The number of rotatable bonds is 8. The van der Waals surface area contributed by atoms with E-state index in [9.17, 15) is 0 Å². The predicted molar refractivity (Wildman–Crippen MR) is 105 cm³/mol. The Morgan fingerprint density at radius 2 is 2.00 bits per heavy atom. The molecular formula is C16H33IN4O2. The first-order valence-electron chi connectivity index (χ1n) is 8.74. The monoisotopic (exact) mass is 440 g/mol. The molecule has 0 aliphatic carbocycles. The van der Waals surface area contributed by atoms with Crippen LogP contribution in [0.3, 0.4) is 0 Å². The quantitative estimate of drug-likeness (QED) is 0.259. The fourth-order valence-electron chi connectivity index (χ4n) is 2.91. The van der Waals surface area contributed by atoms with Crippen molar-refractivity contribution in [3.05, 3.63) is 0 Å². The van der Waals surface area contributed by atoms with E-state index in [0.29, 0.717) is 6.10 Å². The van der Waals surface area contributed by atoms with Crippen molar-refractivity contribution in [2.45, 2.75) is 38.2 Å². The highest BCUT2D eigenvalue weighted by molar-refractivity contribution is 14.0. The molecule has 0 saturated carbocycles. The van der Waals surface area contributed by atoms with Gasteiger partial charge in [-0.1, -0.05) is 6.42 Å². The molecule has 23 heavy (non-hydrogen) atoms. The summed E-state index contributed by atoms with van der Waals surface area (Å²) in [5.74, 6) is 0.890. The summed E-state index contributed by atoms with van der Waals surface area (Å²) in [7, 11) is 1.82. The molecule has 2 N–H and O–H groups in total. The molecule has 0 spiro atoms. The Morgan fingerprint density at radius 3 is 2.70 bits per heavy atom. The number of nitrogens with one attached hydrogen (secondary N) is 2. The van der Waals surface area contributed by atoms with Gasteiger partial charge in [0.1, 0.15) is 0 Å². The summed E-state index contributed by atoms with van der Waals surface area (Å²) in [6.07, 6.45) is 6.42. The summed E-state index contributed by atoms with van der Waals surface area (Å²) in [5, 5.41) is 6.73. The Bertz CT molecular complexity index is 319. The fourth-order valence-corrected chi connectivity index (χ4v) is 2.91. The zero-order valence-electron chi connectivity index (χ0n) is 14.4. The van der Waals surface area contributed by atoms with E-state index >= 15 is 0 Å². The third-order valence-corrected chi connectivity index (χ3v) is 4.25. The van der Waals surface area contributed by atoms with E-state index in [2.05, 4.69) is 20.5 Å². The number of aliphatic imine (C=N–C) groups is 1. The van der Waals surface area contributed by atoms with Gasteiger partial charge in [0.25, 0.3) is 0 Å². The van der Waals surface area contributed by atoms with Crippen LogP contribution in [-0.2, 0) is 9.47 Å². The third kappa shape index (κ3) is 9.07. The van der Waals surface area contributed by atoms with Crippen LogP contribution < -0.4 is 10.6 Å². The van der Waals surface area contributed by atoms with Gasteiger partial charge >= 0.3 is 0 Å². The van der Waals surface area contributed by atoms with Gasteiger partial charge in [0.15, 0.2) is 5.96 Å². The number of hydrogen-bond acceptors (Lipinski definition) is 4. The standard InChI is InChI=1S/C16H32N4O2.HI/c1-17-16(19-8-11-20-9-3-2-4-10-20)18-7-5-12-22-15-6-13-21-14-15;/h15H,2-14H2,1H3,(H2,17,18,19);1H. The Hall–Kier alpha value is -0.120. The average Bonchev–Trinajstić information content (AvgIpc) is 3.07. The van der Waals surface area contributed by atoms with Crippen LogP contribution in [0.25, 0.3) is 0 Å². The first-order valence-corrected chi connectivity index (χ1v) is 8.74. The van der Waals surface area contributed by atoms with Crippen molar-refractivity contribution in [3.63, 3.8) is 0 Å². The highest BCUT2D eigenvalue weighted by atomic mass is 127. The number of halogens is 1. The summed E-state index contributed by atoms with van der Waals surface area (Å²) < 4.78 is 11.0. The molecule has 2 aliphatic heterocycles. The molecular weight excluding hydrogens is 407 g/mol. The smallest absolute Gasteiger partial charge is 0.191 e. The van der Waals surface area contributed by atoms with Crippen LogP contribution in [0.4, 0.5) is 0 Å². The lowest BCUT2D eigenvalue weighted by atomic mass is 10.1. The Kier molecular flexibility index (Phi) is 12.0. The van der Waals surface area contributed by atoms with E-state index in [0.717, 1.165) is 58.3 Å². The SMILES string of the molecule is CN=C(NCCCOC1CCOC1)NCCN1CCCCC1.I. The van der Waals surface area contributed by atoms with E-state index in [-0.39, 0.29) is 24.0 Å². The van der Waals surface area contributed by atoms with Gasteiger partial charge in [-0.3, -0.25) is 4.99 Å². The van der Waals surface area contributed by atoms with E-state index in [4.69, 9.17) is 9.47 Å². The molecule has 2 fully saturated rings. The maximum Gasteiger partial charge on any atom is 0.191 e. The van der Waals surface area contributed by atoms with Crippen molar-refractivity contribution < 1.29 is 9.47 Å². The van der Waals surface area contributed by atoms with E-state index < -0.39 is 0 Å². The number of likely N-dealkylation sites (tertiary alicyclic amines) is 1. The molecule has 0 amide bonds. The van der Waals surface area contributed by atoms with Crippen LogP contribution >= 0.6 is 24.0 Å². The van der Waals surface area contributed by atoms with Gasteiger partial charge in [-0.2, -0.15) is 0 Å². The molecule has 7 heteroatoms. The third-order valence-electron chi connectivity index (χ3n) is 4.25. The Balaban J connectivity index is 0.00000264.